The van der Waals surface area contributed by atoms with Crippen LogP contribution in [0.1, 0.15) is 5.56 Å². The van der Waals surface area contributed by atoms with Gasteiger partial charge >= 0.3 is 0 Å². The number of hydroxylamine groups is 1. The van der Waals surface area contributed by atoms with Crippen molar-refractivity contribution < 1.29 is 9.60 Å². The summed E-state index contributed by atoms with van der Waals surface area (Å²) in [5.74, 6) is -0.284. The minimum absolute atomic E-state index is 0.276. The molecule has 0 aliphatic heterocycles. The zero-order valence-corrected chi connectivity index (χ0v) is 5.34. The molecule has 1 aromatic rings. The van der Waals surface area contributed by atoms with Crippen LogP contribution in [-0.4, -0.2) is 5.21 Å². The molecule has 1 rings (SSSR count). The maximum Gasteiger partial charge on any atom is 0.123 e. The molecule has 0 fully saturated rings. The van der Waals surface area contributed by atoms with Crippen LogP contribution in [0.3, 0.4) is 0 Å². The van der Waals surface area contributed by atoms with Crippen molar-refractivity contribution in [1.29, 1.82) is 0 Å². The minimum Gasteiger partial charge on any atom is -0.316 e. The third-order valence-electron chi connectivity index (χ3n) is 1.17. The topological polar surface area (TPSA) is 32.3 Å². The predicted molar refractivity (Wildman–Crippen MR) is 35.0 cm³/mol. The van der Waals surface area contributed by atoms with E-state index in [1.807, 2.05) is 5.48 Å². The van der Waals surface area contributed by atoms with Gasteiger partial charge in [0.1, 0.15) is 5.82 Å². The molecule has 0 amide bonds. The Labute approximate surface area is 58.3 Å². The molecule has 2 nitrogen and oxygen atoms in total. The fraction of sp³-hybridized carbons (Fsp3) is 0.143. The van der Waals surface area contributed by atoms with Gasteiger partial charge in [0.15, 0.2) is 0 Å². The van der Waals surface area contributed by atoms with E-state index >= 15 is 0 Å². The molecule has 0 spiro atoms. The van der Waals surface area contributed by atoms with Gasteiger partial charge in [-0.3, -0.25) is 0 Å². The summed E-state index contributed by atoms with van der Waals surface area (Å²) in [6.45, 7) is 0.276. The van der Waals surface area contributed by atoms with Gasteiger partial charge in [0.25, 0.3) is 0 Å². The highest BCUT2D eigenvalue weighted by Gasteiger charge is 1.91. The Balaban J connectivity index is 2.75. The van der Waals surface area contributed by atoms with Gasteiger partial charge in [-0.25, -0.2) is 9.87 Å². The Hall–Kier alpha value is -0.930. The Morgan fingerprint density at radius 3 is 2.90 bits per heavy atom. The molecule has 0 aliphatic rings. The van der Waals surface area contributed by atoms with Crippen molar-refractivity contribution >= 4 is 0 Å². The number of benzene rings is 1. The van der Waals surface area contributed by atoms with Crippen LogP contribution in [0.5, 0.6) is 0 Å². The third kappa shape index (κ3) is 1.79. The van der Waals surface area contributed by atoms with Gasteiger partial charge in [0.2, 0.25) is 0 Å². The van der Waals surface area contributed by atoms with Crippen LogP contribution in [0.4, 0.5) is 4.39 Å². The zero-order valence-electron chi connectivity index (χ0n) is 5.34. The lowest BCUT2D eigenvalue weighted by molar-refractivity contribution is 0.161. The van der Waals surface area contributed by atoms with Crippen LogP contribution in [0.15, 0.2) is 24.3 Å². The van der Waals surface area contributed by atoms with Crippen molar-refractivity contribution in [3.63, 3.8) is 0 Å². The summed E-state index contributed by atoms with van der Waals surface area (Å²) in [7, 11) is 0. The van der Waals surface area contributed by atoms with Gasteiger partial charge in [0.05, 0.1) is 0 Å². The van der Waals surface area contributed by atoms with Crippen molar-refractivity contribution in [3.8, 4) is 0 Å². The molecule has 0 saturated carbocycles. The molecule has 0 aliphatic carbocycles. The van der Waals surface area contributed by atoms with E-state index in [-0.39, 0.29) is 12.4 Å². The first-order chi connectivity index (χ1) is 4.83. The molecule has 2 N–H and O–H groups in total. The average Bonchev–Trinajstić information content (AvgIpc) is 1.88. The van der Waals surface area contributed by atoms with E-state index in [2.05, 4.69) is 0 Å². The van der Waals surface area contributed by atoms with Crippen molar-refractivity contribution in [2.45, 2.75) is 6.54 Å². The molecular weight excluding hydrogens is 133 g/mol. The minimum atomic E-state index is -0.284. The Kier molecular flexibility index (Phi) is 2.36. The van der Waals surface area contributed by atoms with Crippen LogP contribution >= 0.6 is 0 Å². The molecule has 54 valence electrons. The standard InChI is InChI=1S/C7H8FNO/c8-7-3-1-2-6(4-7)5-9-10/h1-4,9-10H,5H2. The van der Waals surface area contributed by atoms with Crippen LogP contribution in [0.25, 0.3) is 0 Å². The summed E-state index contributed by atoms with van der Waals surface area (Å²) in [5, 5.41) is 8.24. The van der Waals surface area contributed by atoms with Crippen LogP contribution in [-0.2, 0) is 6.54 Å². The Bertz CT molecular complexity index is 215. The van der Waals surface area contributed by atoms with E-state index in [0.717, 1.165) is 5.56 Å². The second kappa shape index (κ2) is 3.29. The first-order valence-electron chi connectivity index (χ1n) is 2.94. The lowest BCUT2D eigenvalue weighted by Crippen LogP contribution is -2.05. The van der Waals surface area contributed by atoms with Gasteiger partial charge < -0.3 is 5.21 Å². The van der Waals surface area contributed by atoms with Crippen molar-refractivity contribution in [2.75, 3.05) is 0 Å². The predicted octanol–water partition coefficient (Wildman–Crippen LogP) is 1.30. The van der Waals surface area contributed by atoms with Gasteiger partial charge in [0, 0.05) is 6.54 Å². The lowest BCUT2D eigenvalue weighted by atomic mass is 10.2. The highest BCUT2D eigenvalue weighted by atomic mass is 19.1. The van der Waals surface area contributed by atoms with Crippen molar-refractivity contribution in [1.82, 2.24) is 5.48 Å². The Morgan fingerprint density at radius 2 is 2.30 bits per heavy atom. The van der Waals surface area contributed by atoms with Gasteiger partial charge in [-0.15, -0.1) is 0 Å². The molecule has 3 heteroatoms. The highest BCUT2D eigenvalue weighted by Crippen LogP contribution is 2.01. The highest BCUT2D eigenvalue weighted by molar-refractivity contribution is 5.15. The van der Waals surface area contributed by atoms with Crippen LogP contribution < -0.4 is 5.48 Å². The first-order valence-corrected chi connectivity index (χ1v) is 2.94. The molecule has 0 atom stereocenters. The summed E-state index contributed by atoms with van der Waals surface area (Å²) in [6.07, 6.45) is 0. The third-order valence-corrected chi connectivity index (χ3v) is 1.17. The zero-order chi connectivity index (χ0) is 7.40. The number of hydrogen-bond donors (Lipinski definition) is 2. The van der Waals surface area contributed by atoms with Crippen LogP contribution in [0.2, 0.25) is 0 Å². The molecule has 1 aromatic carbocycles. The molecule has 10 heavy (non-hydrogen) atoms. The van der Waals surface area contributed by atoms with Gasteiger partial charge in [-0.2, -0.15) is 0 Å². The summed E-state index contributed by atoms with van der Waals surface area (Å²) < 4.78 is 12.4. The molecule has 0 unspecified atom stereocenters. The fourth-order valence-electron chi connectivity index (χ4n) is 0.738. The second-order valence-corrected chi connectivity index (χ2v) is 1.96. The molecule has 0 heterocycles. The van der Waals surface area contributed by atoms with Gasteiger partial charge in [-0.05, 0) is 17.7 Å². The smallest absolute Gasteiger partial charge is 0.123 e. The number of halogens is 1. The van der Waals surface area contributed by atoms with E-state index in [1.165, 1.54) is 12.1 Å². The molecule has 0 aromatic heterocycles. The monoisotopic (exact) mass is 141 g/mol. The largest absolute Gasteiger partial charge is 0.316 e. The molecule has 0 bridgehead atoms. The van der Waals surface area contributed by atoms with E-state index in [1.54, 1.807) is 12.1 Å². The summed E-state index contributed by atoms with van der Waals surface area (Å²) in [4.78, 5) is 0. The van der Waals surface area contributed by atoms with E-state index < -0.39 is 0 Å². The van der Waals surface area contributed by atoms with E-state index in [0.29, 0.717) is 0 Å². The van der Waals surface area contributed by atoms with E-state index in [9.17, 15) is 4.39 Å². The fourth-order valence-corrected chi connectivity index (χ4v) is 0.738. The average molecular weight is 141 g/mol. The number of nitrogens with one attached hydrogen (secondary N) is 1. The Morgan fingerprint density at radius 1 is 1.50 bits per heavy atom. The molecule has 0 saturated heterocycles. The molecular formula is C7H8FNO. The summed E-state index contributed by atoms with van der Waals surface area (Å²) >= 11 is 0. The van der Waals surface area contributed by atoms with Crippen molar-refractivity contribution in [3.05, 3.63) is 35.6 Å². The molecule has 0 radical (unpaired) electrons. The second-order valence-electron chi connectivity index (χ2n) is 1.96. The van der Waals surface area contributed by atoms with E-state index in [4.69, 9.17) is 5.21 Å². The normalized spacial score (nSPS) is 9.80. The maximum atomic E-state index is 12.4. The summed E-state index contributed by atoms with van der Waals surface area (Å²) in [5.41, 5.74) is 2.67. The number of rotatable bonds is 2. The number of hydrogen-bond acceptors (Lipinski definition) is 2. The van der Waals surface area contributed by atoms with Crippen molar-refractivity contribution in [2.24, 2.45) is 0 Å². The van der Waals surface area contributed by atoms with Gasteiger partial charge in [-0.1, -0.05) is 12.1 Å². The lowest BCUT2D eigenvalue weighted by Gasteiger charge is -1.96. The SMILES string of the molecule is ONCc1cccc(F)c1. The quantitative estimate of drug-likeness (QED) is 0.608. The first kappa shape index (κ1) is 7.18. The maximum absolute atomic E-state index is 12.4. The summed E-state index contributed by atoms with van der Waals surface area (Å²) in [6, 6.07) is 6.05. The van der Waals surface area contributed by atoms with Crippen LogP contribution in [0, 0.1) is 5.82 Å².